The summed E-state index contributed by atoms with van der Waals surface area (Å²) in [7, 11) is 0. The van der Waals surface area contributed by atoms with Gasteiger partial charge in [0.1, 0.15) is 5.75 Å². The standard InChI is InChI=1S/C17H18N2O4S/c18-15(20)11-19-17(22)12-4-1-5-13(10-12)23-16(21)8-2-6-14-7-3-9-24-14/h1,3-5,7,9-10H,2,6,8,11H2,(H2,18,20)(H,19,22). The molecular weight excluding hydrogens is 328 g/mol. The average molecular weight is 346 g/mol. The lowest BCUT2D eigenvalue weighted by Crippen LogP contribution is -2.33. The van der Waals surface area contributed by atoms with E-state index in [0.29, 0.717) is 24.2 Å². The van der Waals surface area contributed by atoms with Gasteiger partial charge in [0.05, 0.1) is 6.54 Å². The second-order valence-electron chi connectivity index (χ2n) is 5.08. The minimum absolute atomic E-state index is 0.244. The lowest BCUT2D eigenvalue weighted by atomic mass is 10.2. The largest absolute Gasteiger partial charge is 0.427 e. The van der Waals surface area contributed by atoms with Crippen molar-refractivity contribution in [3.8, 4) is 5.75 Å². The maximum Gasteiger partial charge on any atom is 0.311 e. The molecule has 0 unspecified atom stereocenters. The first kappa shape index (κ1) is 17.7. The van der Waals surface area contributed by atoms with Crippen molar-refractivity contribution < 1.29 is 19.1 Å². The Labute approximate surface area is 143 Å². The molecule has 2 amide bonds. The van der Waals surface area contributed by atoms with Gasteiger partial charge in [-0.2, -0.15) is 0 Å². The van der Waals surface area contributed by atoms with Gasteiger partial charge in [0.25, 0.3) is 5.91 Å². The molecule has 3 N–H and O–H groups in total. The van der Waals surface area contributed by atoms with E-state index in [2.05, 4.69) is 5.32 Å². The van der Waals surface area contributed by atoms with Gasteiger partial charge in [-0.3, -0.25) is 14.4 Å². The normalized spacial score (nSPS) is 10.2. The number of nitrogens with one attached hydrogen (secondary N) is 1. The third-order valence-corrected chi connectivity index (χ3v) is 4.07. The molecule has 0 saturated carbocycles. The van der Waals surface area contributed by atoms with Crippen molar-refractivity contribution >= 4 is 29.1 Å². The van der Waals surface area contributed by atoms with Crippen molar-refractivity contribution in [3.05, 3.63) is 52.2 Å². The van der Waals surface area contributed by atoms with Crippen LogP contribution in [0.3, 0.4) is 0 Å². The van der Waals surface area contributed by atoms with Gasteiger partial charge >= 0.3 is 5.97 Å². The summed E-state index contributed by atoms with van der Waals surface area (Å²) >= 11 is 1.66. The molecule has 1 aromatic heterocycles. The predicted octanol–water partition coefficient (Wildman–Crippen LogP) is 1.89. The Balaban J connectivity index is 1.83. The molecule has 0 fully saturated rings. The Hall–Kier alpha value is -2.67. The molecule has 0 aliphatic carbocycles. The van der Waals surface area contributed by atoms with Crippen LogP contribution in [-0.4, -0.2) is 24.3 Å². The summed E-state index contributed by atoms with van der Waals surface area (Å²) in [4.78, 5) is 35.6. The van der Waals surface area contributed by atoms with Crippen LogP contribution in [0.25, 0.3) is 0 Å². The summed E-state index contributed by atoms with van der Waals surface area (Å²) in [5.41, 5.74) is 5.27. The number of thiophene rings is 1. The van der Waals surface area contributed by atoms with Gasteiger partial charge in [0.2, 0.25) is 5.91 Å². The summed E-state index contributed by atoms with van der Waals surface area (Å²) in [5, 5.41) is 4.38. The third-order valence-electron chi connectivity index (χ3n) is 3.14. The number of rotatable bonds is 8. The maximum atomic E-state index is 11.9. The van der Waals surface area contributed by atoms with Gasteiger partial charge in [0.15, 0.2) is 0 Å². The Bertz CT molecular complexity index is 713. The lowest BCUT2D eigenvalue weighted by molar-refractivity contribution is -0.134. The second kappa shape index (κ2) is 8.83. The zero-order chi connectivity index (χ0) is 17.4. The summed E-state index contributed by atoms with van der Waals surface area (Å²) < 4.78 is 5.24. The van der Waals surface area contributed by atoms with Crippen LogP contribution in [0.1, 0.15) is 28.1 Å². The molecule has 0 aliphatic rings. The van der Waals surface area contributed by atoms with Crippen LogP contribution in [-0.2, 0) is 16.0 Å². The number of primary amides is 1. The zero-order valence-corrected chi connectivity index (χ0v) is 13.8. The Morgan fingerprint density at radius 1 is 1.17 bits per heavy atom. The molecule has 6 nitrogen and oxygen atoms in total. The highest BCUT2D eigenvalue weighted by Crippen LogP contribution is 2.16. The molecule has 7 heteroatoms. The van der Waals surface area contributed by atoms with Gasteiger partial charge < -0.3 is 15.8 Å². The van der Waals surface area contributed by atoms with Crippen LogP contribution in [0.2, 0.25) is 0 Å². The molecule has 0 saturated heterocycles. The topological polar surface area (TPSA) is 98.5 Å². The van der Waals surface area contributed by atoms with Crippen molar-refractivity contribution in [2.45, 2.75) is 19.3 Å². The number of esters is 1. The highest BCUT2D eigenvalue weighted by molar-refractivity contribution is 7.09. The maximum absolute atomic E-state index is 11.9. The monoisotopic (exact) mass is 346 g/mol. The highest BCUT2D eigenvalue weighted by Gasteiger charge is 2.10. The SMILES string of the molecule is NC(=O)CNC(=O)c1cccc(OC(=O)CCCc2cccs2)c1. The van der Waals surface area contributed by atoms with Crippen LogP contribution < -0.4 is 15.8 Å². The van der Waals surface area contributed by atoms with Crippen molar-refractivity contribution in [1.29, 1.82) is 0 Å². The van der Waals surface area contributed by atoms with E-state index in [4.69, 9.17) is 10.5 Å². The van der Waals surface area contributed by atoms with E-state index in [1.807, 2.05) is 17.5 Å². The third kappa shape index (κ3) is 5.85. The molecule has 1 aromatic carbocycles. The Morgan fingerprint density at radius 2 is 2.00 bits per heavy atom. The first-order valence-electron chi connectivity index (χ1n) is 7.44. The van der Waals surface area contributed by atoms with E-state index in [-0.39, 0.29) is 12.5 Å². The number of nitrogens with two attached hydrogens (primary N) is 1. The molecule has 2 rings (SSSR count). The molecule has 126 valence electrons. The van der Waals surface area contributed by atoms with Gasteiger partial charge in [-0.15, -0.1) is 11.3 Å². The minimum Gasteiger partial charge on any atom is -0.427 e. The molecular formula is C17H18N2O4S. The van der Waals surface area contributed by atoms with Crippen molar-refractivity contribution in [2.75, 3.05) is 6.54 Å². The van der Waals surface area contributed by atoms with Crippen molar-refractivity contribution in [3.63, 3.8) is 0 Å². The number of carbonyl (C=O) groups excluding carboxylic acids is 3. The number of ether oxygens (including phenoxy) is 1. The van der Waals surface area contributed by atoms with Crippen molar-refractivity contribution in [2.24, 2.45) is 5.73 Å². The van der Waals surface area contributed by atoms with Crippen LogP contribution in [0, 0.1) is 0 Å². The van der Waals surface area contributed by atoms with E-state index in [9.17, 15) is 14.4 Å². The highest BCUT2D eigenvalue weighted by atomic mass is 32.1. The molecule has 2 aromatic rings. The molecule has 0 atom stereocenters. The van der Waals surface area contributed by atoms with E-state index in [1.165, 1.54) is 10.9 Å². The first-order chi connectivity index (χ1) is 11.5. The molecule has 1 heterocycles. The Morgan fingerprint density at radius 3 is 2.71 bits per heavy atom. The fourth-order valence-corrected chi connectivity index (χ4v) is 2.77. The van der Waals surface area contributed by atoms with E-state index in [0.717, 1.165) is 6.42 Å². The number of hydrogen-bond donors (Lipinski definition) is 2. The molecule has 24 heavy (non-hydrogen) atoms. The lowest BCUT2D eigenvalue weighted by Gasteiger charge is -2.07. The first-order valence-corrected chi connectivity index (χ1v) is 8.32. The number of carbonyl (C=O) groups is 3. The van der Waals surface area contributed by atoms with Gasteiger partial charge in [-0.1, -0.05) is 12.1 Å². The second-order valence-corrected chi connectivity index (χ2v) is 6.12. The molecule has 0 radical (unpaired) electrons. The van der Waals surface area contributed by atoms with Gasteiger partial charge in [-0.05, 0) is 42.5 Å². The fraction of sp³-hybridized carbons (Fsp3) is 0.235. The fourth-order valence-electron chi connectivity index (χ4n) is 2.01. The summed E-state index contributed by atoms with van der Waals surface area (Å²) in [6, 6.07) is 10.2. The van der Waals surface area contributed by atoms with E-state index in [1.54, 1.807) is 29.5 Å². The minimum atomic E-state index is -0.628. The quantitative estimate of drug-likeness (QED) is 0.563. The summed E-state index contributed by atoms with van der Waals surface area (Å²) in [6.45, 7) is -0.244. The Kier molecular flexibility index (Phi) is 6.51. The summed E-state index contributed by atoms with van der Waals surface area (Å²) in [6.07, 6.45) is 1.84. The summed E-state index contributed by atoms with van der Waals surface area (Å²) in [5.74, 6) is -1.13. The van der Waals surface area contributed by atoms with Crippen LogP contribution in [0.5, 0.6) is 5.75 Å². The average Bonchev–Trinajstić information content (AvgIpc) is 3.06. The number of aryl methyl sites for hydroxylation is 1. The van der Waals surface area contributed by atoms with Crippen LogP contribution in [0.4, 0.5) is 0 Å². The van der Waals surface area contributed by atoms with E-state index >= 15 is 0 Å². The van der Waals surface area contributed by atoms with Gasteiger partial charge in [-0.25, -0.2) is 0 Å². The number of benzene rings is 1. The van der Waals surface area contributed by atoms with Crippen LogP contribution in [0.15, 0.2) is 41.8 Å². The van der Waals surface area contributed by atoms with Gasteiger partial charge in [0, 0.05) is 16.9 Å². The molecule has 0 bridgehead atoms. The number of hydrogen-bond acceptors (Lipinski definition) is 5. The van der Waals surface area contributed by atoms with Crippen molar-refractivity contribution in [1.82, 2.24) is 5.32 Å². The molecule has 0 aliphatic heterocycles. The van der Waals surface area contributed by atoms with E-state index < -0.39 is 11.8 Å². The number of amides is 2. The smallest absolute Gasteiger partial charge is 0.311 e. The molecule has 0 spiro atoms. The predicted molar refractivity (Wildman–Crippen MR) is 90.9 cm³/mol. The van der Waals surface area contributed by atoms with Crippen LogP contribution >= 0.6 is 11.3 Å². The zero-order valence-electron chi connectivity index (χ0n) is 13.0.